The number of aromatic nitrogens is 2. The second kappa shape index (κ2) is 3.96. The lowest BCUT2D eigenvalue weighted by atomic mass is 10.2. The van der Waals surface area contributed by atoms with Gasteiger partial charge in [-0.1, -0.05) is 12.1 Å². The van der Waals surface area contributed by atoms with Crippen molar-refractivity contribution in [1.29, 1.82) is 0 Å². The monoisotopic (exact) mass is 217 g/mol. The van der Waals surface area contributed by atoms with Gasteiger partial charge in [0.15, 0.2) is 5.82 Å². The molecule has 2 rings (SSSR count). The second-order valence-electron chi connectivity index (χ2n) is 3.70. The Morgan fingerprint density at radius 3 is 2.88 bits per heavy atom. The van der Waals surface area contributed by atoms with Crippen LogP contribution in [0.5, 0.6) is 0 Å². The minimum atomic E-state index is -0.141. The zero-order valence-electron chi connectivity index (χ0n) is 9.74. The normalized spacial score (nSPS) is 10.7. The molecule has 1 amide bonds. The van der Waals surface area contributed by atoms with Crippen LogP contribution in [0.25, 0.3) is 11.0 Å². The molecule has 0 unspecified atom stereocenters. The van der Waals surface area contributed by atoms with Crippen molar-refractivity contribution in [3.05, 3.63) is 29.6 Å². The van der Waals surface area contributed by atoms with Gasteiger partial charge in [0, 0.05) is 13.6 Å². The summed E-state index contributed by atoms with van der Waals surface area (Å²) in [5, 5.41) is 2.61. The Bertz CT molecular complexity index is 542. The third-order valence-corrected chi connectivity index (χ3v) is 2.73. The van der Waals surface area contributed by atoms with Gasteiger partial charge in [-0.15, -0.1) is 0 Å². The highest BCUT2D eigenvalue weighted by Gasteiger charge is 2.15. The highest BCUT2D eigenvalue weighted by Crippen LogP contribution is 2.19. The molecule has 0 fully saturated rings. The Hall–Kier alpha value is -1.84. The van der Waals surface area contributed by atoms with Crippen LogP contribution in [0.1, 0.15) is 23.1 Å². The van der Waals surface area contributed by atoms with Gasteiger partial charge in [0.1, 0.15) is 0 Å². The fourth-order valence-electron chi connectivity index (χ4n) is 1.89. The number of imidazole rings is 1. The van der Waals surface area contributed by atoms with Crippen LogP contribution in [0, 0.1) is 6.92 Å². The van der Waals surface area contributed by atoms with Crippen molar-refractivity contribution < 1.29 is 4.79 Å². The summed E-state index contributed by atoms with van der Waals surface area (Å²) in [6, 6.07) is 5.98. The van der Waals surface area contributed by atoms with Gasteiger partial charge in [-0.25, -0.2) is 4.98 Å². The number of carbonyl (C=O) groups is 1. The third kappa shape index (κ3) is 1.46. The van der Waals surface area contributed by atoms with Crippen LogP contribution in [-0.2, 0) is 6.54 Å². The van der Waals surface area contributed by atoms with E-state index in [1.807, 2.05) is 36.6 Å². The molecule has 0 spiro atoms. The number of nitrogens with one attached hydrogen (secondary N) is 1. The molecule has 1 N–H and O–H groups in total. The van der Waals surface area contributed by atoms with Gasteiger partial charge in [0.25, 0.3) is 5.91 Å². The van der Waals surface area contributed by atoms with E-state index < -0.39 is 0 Å². The first-order chi connectivity index (χ1) is 7.69. The number of para-hydroxylation sites is 1. The van der Waals surface area contributed by atoms with Crippen molar-refractivity contribution in [2.45, 2.75) is 20.4 Å². The predicted octanol–water partition coefficient (Wildman–Crippen LogP) is 1.72. The van der Waals surface area contributed by atoms with E-state index >= 15 is 0 Å². The van der Waals surface area contributed by atoms with Crippen molar-refractivity contribution in [3.63, 3.8) is 0 Å². The summed E-state index contributed by atoms with van der Waals surface area (Å²) >= 11 is 0. The number of hydrogen-bond acceptors (Lipinski definition) is 2. The van der Waals surface area contributed by atoms with Crippen LogP contribution in [0.3, 0.4) is 0 Å². The van der Waals surface area contributed by atoms with E-state index in [1.54, 1.807) is 7.05 Å². The summed E-state index contributed by atoms with van der Waals surface area (Å²) in [6.45, 7) is 4.75. The van der Waals surface area contributed by atoms with E-state index in [4.69, 9.17) is 0 Å². The first kappa shape index (κ1) is 10.7. The molecular formula is C12H15N3O. The number of fused-ring (bicyclic) bond motifs is 1. The van der Waals surface area contributed by atoms with Gasteiger partial charge in [0.05, 0.1) is 11.0 Å². The lowest BCUT2D eigenvalue weighted by Crippen LogP contribution is -2.22. The molecule has 0 aliphatic rings. The van der Waals surface area contributed by atoms with Gasteiger partial charge < -0.3 is 9.88 Å². The molecular weight excluding hydrogens is 202 g/mol. The first-order valence-corrected chi connectivity index (χ1v) is 5.37. The molecule has 1 aromatic carbocycles. The largest absolute Gasteiger partial charge is 0.352 e. The molecule has 0 radical (unpaired) electrons. The standard InChI is InChI=1S/C12H15N3O/c1-4-15-9-7-5-6-8(2)10(9)14-11(15)12(16)13-3/h5-7H,4H2,1-3H3,(H,13,16). The molecule has 1 aromatic heterocycles. The van der Waals surface area contributed by atoms with Crippen LogP contribution >= 0.6 is 0 Å². The number of carbonyl (C=O) groups excluding carboxylic acids is 1. The fraction of sp³-hybridized carbons (Fsp3) is 0.333. The number of benzene rings is 1. The SMILES string of the molecule is CCn1c(C(=O)NC)nc2c(C)cccc21. The molecule has 0 bridgehead atoms. The molecule has 0 aliphatic carbocycles. The number of nitrogens with zero attached hydrogens (tertiary/aromatic N) is 2. The van der Waals surface area contributed by atoms with Crippen molar-refractivity contribution in [3.8, 4) is 0 Å². The van der Waals surface area contributed by atoms with Crippen LogP contribution in [0.2, 0.25) is 0 Å². The Labute approximate surface area is 94.3 Å². The maximum atomic E-state index is 11.7. The summed E-state index contributed by atoms with van der Waals surface area (Å²) < 4.78 is 1.93. The van der Waals surface area contributed by atoms with Crippen molar-refractivity contribution in [2.75, 3.05) is 7.05 Å². The van der Waals surface area contributed by atoms with Crippen LogP contribution in [0.4, 0.5) is 0 Å². The topological polar surface area (TPSA) is 46.9 Å². The summed E-state index contributed by atoms with van der Waals surface area (Å²) in [7, 11) is 1.62. The Morgan fingerprint density at radius 2 is 2.25 bits per heavy atom. The zero-order chi connectivity index (χ0) is 11.7. The quantitative estimate of drug-likeness (QED) is 0.832. The van der Waals surface area contributed by atoms with Crippen LogP contribution < -0.4 is 5.32 Å². The van der Waals surface area contributed by atoms with E-state index in [2.05, 4.69) is 10.3 Å². The van der Waals surface area contributed by atoms with Gasteiger partial charge in [-0.05, 0) is 25.5 Å². The van der Waals surface area contributed by atoms with Crippen LogP contribution in [-0.4, -0.2) is 22.5 Å². The minimum absolute atomic E-state index is 0.141. The lowest BCUT2D eigenvalue weighted by molar-refractivity contribution is 0.0949. The molecule has 0 atom stereocenters. The molecule has 0 saturated carbocycles. The highest BCUT2D eigenvalue weighted by molar-refractivity contribution is 5.95. The van der Waals surface area contributed by atoms with Crippen molar-refractivity contribution >= 4 is 16.9 Å². The highest BCUT2D eigenvalue weighted by atomic mass is 16.2. The molecule has 4 heteroatoms. The zero-order valence-corrected chi connectivity index (χ0v) is 9.74. The summed E-state index contributed by atoms with van der Waals surface area (Å²) in [4.78, 5) is 16.1. The summed E-state index contributed by atoms with van der Waals surface area (Å²) in [6.07, 6.45) is 0. The summed E-state index contributed by atoms with van der Waals surface area (Å²) in [5.74, 6) is 0.340. The number of hydrogen-bond donors (Lipinski definition) is 1. The lowest BCUT2D eigenvalue weighted by Gasteiger charge is -2.04. The smallest absolute Gasteiger partial charge is 0.287 e. The Kier molecular flexibility index (Phi) is 2.64. The predicted molar refractivity (Wildman–Crippen MR) is 63.5 cm³/mol. The van der Waals surface area contributed by atoms with Crippen LogP contribution in [0.15, 0.2) is 18.2 Å². The number of aryl methyl sites for hydroxylation is 2. The maximum absolute atomic E-state index is 11.7. The van der Waals surface area contributed by atoms with Gasteiger partial charge in [-0.3, -0.25) is 4.79 Å². The minimum Gasteiger partial charge on any atom is -0.352 e. The Morgan fingerprint density at radius 1 is 1.50 bits per heavy atom. The molecule has 1 heterocycles. The average molecular weight is 217 g/mol. The number of rotatable bonds is 2. The van der Waals surface area contributed by atoms with Crippen molar-refractivity contribution in [1.82, 2.24) is 14.9 Å². The van der Waals surface area contributed by atoms with E-state index in [9.17, 15) is 4.79 Å². The molecule has 84 valence electrons. The first-order valence-electron chi connectivity index (χ1n) is 5.37. The number of amides is 1. The average Bonchev–Trinajstić information content (AvgIpc) is 2.68. The van der Waals surface area contributed by atoms with E-state index in [0.717, 1.165) is 23.1 Å². The van der Waals surface area contributed by atoms with Gasteiger partial charge in [-0.2, -0.15) is 0 Å². The molecule has 16 heavy (non-hydrogen) atoms. The van der Waals surface area contributed by atoms with Gasteiger partial charge in [0.2, 0.25) is 0 Å². The second-order valence-corrected chi connectivity index (χ2v) is 3.70. The van der Waals surface area contributed by atoms with E-state index in [-0.39, 0.29) is 5.91 Å². The molecule has 4 nitrogen and oxygen atoms in total. The molecule has 0 aliphatic heterocycles. The summed E-state index contributed by atoms with van der Waals surface area (Å²) in [5.41, 5.74) is 3.01. The molecule has 2 aromatic rings. The maximum Gasteiger partial charge on any atom is 0.287 e. The van der Waals surface area contributed by atoms with E-state index in [0.29, 0.717) is 5.82 Å². The van der Waals surface area contributed by atoms with E-state index in [1.165, 1.54) is 0 Å². The fourth-order valence-corrected chi connectivity index (χ4v) is 1.89. The molecule has 0 saturated heterocycles. The van der Waals surface area contributed by atoms with Gasteiger partial charge >= 0.3 is 0 Å². The van der Waals surface area contributed by atoms with Crippen molar-refractivity contribution in [2.24, 2.45) is 0 Å². The Balaban J connectivity index is 2.76. The third-order valence-electron chi connectivity index (χ3n) is 2.73.